The van der Waals surface area contributed by atoms with E-state index in [4.69, 9.17) is 5.73 Å². The van der Waals surface area contributed by atoms with Crippen molar-refractivity contribution in [3.8, 4) is 0 Å². The first-order valence-corrected chi connectivity index (χ1v) is 8.45. The molecule has 2 rings (SSSR count). The number of hydrogen-bond donors (Lipinski definition) is 1. The van der Waals surface area contributed by atoms with Crippen LogP contribution in [0.15, 0.2) is 22.7 Å². The minimum absolute atomic E-state index is 0.326. The molecular weight excluding hydrogens is 312 g/mol. The van der Waals surface area contributed by atoms with Crippen LogP contribution in [-0.4, -0.2) is 24.0 Å². The van der Waals surface area contributed by atoms with Gasteiger partial charge in [0.25, 0.3) is 0 Å². The molecule has 3 heteroatoms. The van der Waals surface area contributed by atoms with E-state index in [2.05, 4.69) is 66.7 Å². The van der Waals surface area contributed by atoms with Crippen molar-refractivity contribution in [1.29, 1.82) is 0 Å². The highest BCUT2D eigenvalue weighted by molar-refractivity contribution is 9.10. The predicted molar refractivity (Wildman–Crippen MR) is 89.8 cm³/mol. The largest absolute Gasteiger partial charge is 0.329 e. The Morgan fingerprint density at radius 3 is 2.65 bits per heavy atom. The van der Waals surface area contributed by atoms with Crippen LogP contribution in [0.5, 0.6) is 0 Å². The zero-order chi connectivity index (χ0) is 14.9. The molecule has 0 aliphatic carbocycles. The molecular formula is C17H27BrN2. The Bertz CT molecular complexity index is 460. The van der Waals surface area contributed by atoms with Crippen LogP contribution in [-0.2, 0) is 0 Å². The van der Waals surface area contributed by atoms with Gasteiger partial charge in [0.1, 0.15) is 0 Å². The molecule has 0 saturated carbocycles. The molecule has 2 N–H and O–H groups in total. The maximum absolute atomic E-state index is 6.12. The molecule has 1 aromatic rings. The zero-order valence-corrected chi connectivity index (χ0v) is 14.7. The van der Waals surface area contributed by atoms with Gasteiger partial charge in [-0.25, -0.2) is 0 Å². The van der Waals surface area contributed by atoms with Crippen molar-refractivity contribution in [3.63, 3.8) is 0 Å². The van der Waals surface area contributed by atoms with E-state index in [0.29, 0.717) is 18.6 Å². The summed E-state index contributed by atoms with van der Waals surface area (Å²) >= 11 is 3.65. The molecule has 112 valence electrons. The summed E-state index contributed by atoms with van der Waals surface area (Å²) in [7, 11) is 0. The molecule has 4 atom stereocenters. The van der Waals surface area contributed by atoms with Crippen molar-refractivity contribution in [2.45, 2.75) is 46.2 Å². The Hall–Kier alpha value is -0.380. The predicted octanol–water partition coefficient (Wildman–Crippen LogP) is 4.12. The fourth-order valence-corrected chi connectivity index (χ4v) is 3.85. The van der Waals surface area contributed by atoms with Crippen LogP contribution in [0.25, 0.3) is 0 Å². The fourth-order valence-electron chi connectivity index (χ4n) is 3.45. The molecule has 1 saturated heterocycles. The number of nitrogens with zero attached hydrogens (tertiary/aromatic N) is 1. The minimum atomic E-state index is 0.326. The Labute approximate surface area is 131 Å². The number of hydrogen-bond acceptors (Lipinski definition) is 2. The second kappa shape index (κ2) is 6.59. The van der Waals surface area contributed by atoms with Crippen LogP contribution in [0.3, 0.4) is 0 Å². The fraction of sp³-hybridized carbons (Fsp3) is 0.647. The molecule has 1 fully saturated rings. The second-order valence-electron chi connectivity index (χ2n) is 6.52. The number of benzene rings is 1. The van der Waals surface area contributed by atoms with Gasteiger partial charge < -0.3 is 5.73 Å². The molecule has 0 spiro atoms. The summed E-state index contributed by atoms with van der Waals surface area (Å²) in [6.45, 7) is 11.0. The van der Waals surface area contributed by atoms with Crippen molar-refractivity contribution < 1.29 is 0 Å². The van der Waals surface area contributed by atoms with Crippen LogP contribution in [0.2, 0.25) is 0 Å². The standard InChI is InChI=1S/C17H27BrN2/c1-11-7-13(3)14(4)20(10-11)17(9-19)15-6-5-12(2)16(18)8-15/h5-6,8,11,13-14,17H,7,9-10,19H2,1-4H3. The average Bonchev–Trinajstić information content (AvgIpc) is 2.40. The molecule has 1 aliphatic heterocycles. The van der Waals surface area contributed by atoms with Crippen molar-refractivity contribution >= 4 is 15.9 Å². The Morgan fingerprint density at radius 2 is 2.05 bits per heavy atom. The molecule has 0 amide bonds. The van der Waals surface area contributed by atoms with E-state index in [1.165, 1.54) is 22.0 Å². The van der Waals surface area contributed by atoms with Gasteiger partial charge in [-0.1, -0.05) is 41.9 Å². The molecule has 0 aromatic heterocycles. The van der Waals surface area contributed by atoms with E-state index in [0.717, 1.165) is 18.4 Å². The maximum atomic E-state index is 6.12. The first-order valence-electron chi connectivity index (χ1n) is 7.65. The molecule has 1 heterocycles. The number of aryl methyl sites for hydroxylation is 1. The summed E-state index contributed by atoms with van der Waals surface area (Å²) in [4.78, 5) is 2.61. The summed E-state index contributed by atoms with van der Waals surface area (Å²) in [6.07, 6.45) is 1.33. The highest BCUT2D eigenvalue weighted by Gasteiger charge is 2.33. The number of likely N-dealkylation sites (tertiary alicyclic amines) is 1. The van der Waals surface area contributed by atoms with Crippen LogP contribution in [0, 0.1) is 18.8 Å². The maximum Gasteiger partial charge on any atom is 0.0473 e. The van der Waals surface area contributed by atoms with E-state index in [-0.39, 0.29) is 0 Å². The van der Waals surface area contributed by atoms with Gasteiger partial charge in [0, 0.05) is 29.6 Å². The lowest BCUT2D eigenvalue weighted by atomic mass is 9.84. The van der Waals surface area contributed by atoms with Crippen LogP contribution in [0.1, 0.15) is 44.4 Å². The lowest BCUT2D eigenvalue weighted by Gasteiger charge is -2.45. The summed E-state index contributed by atoms with van der Waals surface area (Å²) < 4.78 is 1.18. The normalized spacial score (nSPS) is 29.4. The van der Waals surface area contributed by atoms with Gasteiger partial charge in [-0.3, -0.25) is 4.90 Å². The second-order valence-corrected chi connectivity index (χ2v) is 7.37. The van der Waals surface area contributed by atoms with Crippen molar-refractivity contribution in [2.75, 3.05) is 13.1 Å². The van der Waals surface area contributed by atoms with Gasteiger partial charge in [-0.15, -0.1) is 0 Å². The lowest BCUT2D eigenvalue weighted by molar-refractivity contribution is 0.0424. The number of piperidine rings is 1. The van der Waals surface area contributed by atoms with Gasteiger partial charge in [0.05, 0.1) is 0 Å². The Kier molecular flexibility index (Phi) is 5.27. The van der Waals surface area contributed by atoms with Gasteiger partial charge in [0.2, 0.25) is 0 Å². The van der Waals surface area contributed by atoms with Crippen molar-refractivity contribution in [3.05, 3.63) is 33.8 Å². The van der Waals surface area contributed by atoms with Gasteiger partial charge in [0.15, 0.2) is 0 Å². The van der Waals surface area contributed by atoms with Crippen LogP contribution >= 0.6 is 15.9 Å². The van der Waals surface area contributed by atoms with E-state index < -0.39 is 0 Å². The molecule has 1 aromatic carbocycles. The summed E-state index contributed by atoms with van der Waals surface area (Å²) in [5.74, 6) is 1.49. The molecule has 4 unspecified atom stereocenters. The lowest BCUT2D eigenvalue weighted by Crippen LogP contribution is -2.49. The summed E-state index contributed by atoms with van der Waals surface area (Å²) in [5, 5.41) is 0. The third kappa shape index (κ3) is 3.26. The molecule has 0 bridgehead atoms. The van der Waals surface area contributed by atoms with Gasteiger partial charge >= 0.3 is 0 Å². The Morgan fingerprint density at radius 1 is 1.35 bits per heavy atom. The number of nitrogens with two attached hydrogens (primary N) is 1. The topological polar surface area (TPSA) is 29.3 Å². The van der Waals surface area contributed by atoms with Gasteiger partial charge in [-0.2, -0.15) is 0 Å². The number of halogens is 1. The van der Waals surface area contributed by atoms with Crippen molar-refractivity contribution in [2.24, 2.45) is 17.6 Å². The Balaban J connectivity index is 2.28. The van der Waals surface area contributed by atoms with Crippen LogP contribution < -0.4 is 5.73 Å². The molecule has 1 aliphatic rings. The minimum Gasteiger partial charge on any atom is -0.329 e. The van der Waals surface area contributed by atoms with Crippen LogP contribution in [0.4, 0.5) is 0 Å². The quantitative estimate of drug-likeness (QED) is 0.897. The monoisotopic (exact) mass is 338 g/mol. The van der Waals surface area contributed by atoms with Gasteiger partial charge in [-0.05, 0) is 49.3 Å². The SMILES string of the molecule is Cc1ccc(C(CN)N2CC(C)CC(C)C2C)cc1Br. The molecule has 20 heavy (non-hydrogen) atoms. The first kappa shape index (κ1) is 16.0. The highest BCUT2D eigenvalue weighted by atomic mass is 79.9. The third-order valence-corrected chi connectivity index (χ3v) is 5.70. The first-order chi connectivity index (χ1) is 9.43. The molecule has 0 radical (unpaired) electrons. The average molecular weight is 339 g/mol. The highest BCUT2D eigenvalue weighted by Crippen LogP contribution is 2.34. The zero-order valence-electron chi connectivity index (χ0n) is 13.1. The summed E-state index contributed by atoms with van der Waals surface area (Å²) in [6, 6.07) is 7.58. The van der Waals surface area contributed by atoms with E-state index in [9.17, 15) is 0 Å². The van der Waals surface area contributed by atoms with E-state index in [1.807, 2.05) is 0 Å². The number of rotatable bonds is 3. The van der Waals surface area contributed by atoms with E-state index in [1.54, 1.807) is 0 Å². The molecule has 2 nitrogen and oxygen atoms in total. The summed E-state index contributed by atoms with van der Waals surface area (Å²) in [5.41, 5.74) is 8.73. The van der Waals surface area contributed by atoms with E-state index >= 15 is 0 Å². The third-order valence-electron chi connectivity index (χ3n) is 4.85. The van der Waals surface area contributed by atoms with Crippen molar-refractivity contribution in [1.82, 2.24) is 4.90 Å². The smallest absolute Gasteiger partial charge is 0.0473 e.